The largest absolute Gasteiger partial charge is 0.496 e. The smallest absolute Gasteiger partial charge is 0.255 e. The molecule has 1 N–H and O–H groups in total. The second-order valence-corrected chi connectivity index (χ2v) is 10.3. The van der Waals surface area contributed by atoms with Crippen LogP contribution in [0.5, 0.6) is 5.75 Å². The van der Waals surface area contributed by atoms with Gasteiger partial charge in [0, 0.05) is 19.6 Å². The van der Waals surface area contributed by atoms with Crippen molar-refractivity contribution in [3.05, 3.63) is 71.8 Å². The highest BCUT2D eigenvalue weighted by atomic mass is 32.2. The molecule has 3 aromatic rings. The zero-order chi connectivity index (χ0) is 22.7. The maximum Gasteiger partial charge on any atom is 0.255 e. The normalized spacial score (nSPS) is 15.6. The van der Waals surface area contributed by atoms with Crippen LogP contribution in [0.15, 0.2) is 65.6 Å². The average molecular weight is 453 g/mol. The van der Waals surface area contributed by atoms with Gasteiger partial charge in [-0.3, -0.25) is 4.79 Å². The van der Waals surface area contributed by atoms with E-state index in [1.807, 2.05) is 42.5 Å². The third kappa shape index (κ3) is 4.64. The van der Waals surface area contributed by atoms with E-state index in [1.165, 1.54) is 23.5 Å². The number of ether oxygens (including phenoxy) is 1. The fourth-order valence-corrected chi connectivity index (χ4v) is 5.52. The number of sulfonamides is 1. The van der Waals surface area contributed by atoms with Gasteiger partial charge in [-0.2, -0.15) is 4.31 Å². The van der Waals surface area contributed by atoms with Crippen LogP contribution in [0.25, 0.3) is 10.8 Å². The van der Waals surface area contributed by atoms with Gasteiger partial charge in [0.1, 0.15) is 5.75 Å². The molecule has 4 rings (SSSR count). The fourth-order valence-electron chi connectivity index (χ4n) is 4.03. The van der Waals surface area contributed by atoms with E-state index in [2.05, 4.69) is 12.2 Å². The van der Waals surface area contributed by atoms with Crippen LogP contribution < -0.4 is 10.1 Å². The van der Waals surface area contributed by atoms with Crippen LogP contribution in [0.1, 0.15) is 35.7 Å². The monoisotopic (exact) mass is 452 g/mol. The van der Waals surface area contributed by atoms with E-state index < -0.39 is 10.0 Å². The van der Waals surface area contributed by atoms with Gasteiger partial charge in [-0.1, -0.05) is 43.3 Å². The lowest BCUT2D eigenvalue weighted by Crippen LogP contribution is -2.38. The first-order valence-electron chi connectivity index (χ1n) is 10.8. The van der Waals surface area contributed by atoms with Gasteiger partial charge in [-0.05, 0) is 59.4 Å². The van der Waals surface area contributed by atoms with Gasteiger partial charge in [0.2, 0.25) is 10.0 Å². The van der Waals surface area contributed by atoms with Gasteiger partial charge < -0.3 is 10.1 Å². The Labute approximate surface area is 189 Å². The van der Waals surface area contributed by atoms with E-state index in [4.69, 9.17) is 4.74 Å². The number of methoxy groups -OCH3 is 1. The second kappa shape index (κ2) is 9.30. The standard InChI is InChI=1S/C25H28N2O4S/c1-18-11-13-27(14-12-18)32(29,30)22-9-10-24(31-2)23(16-22)25(28)26-17-19-7-8-20-5-3-4-6-21(20)15-19/h3-10,15-16,18H,11-14,17H2,1-2H3,(H,26,28). The summed E-state index contributed by atoms with van der Waals surface area (Å²) in [5.41, 5.74) is 1.17. The van der Waals surface area contributed by atoms with Crippen molar-refractivity contribution in [2.45, 2.75) is 31.2 Å². The van der Waals surface area contributed by atoms with Crippen molar-refractivity contribution in [3.63, 3.8) is 0 Å². The molecule has 1 amide bonds. The summed E-state index contributed by atoms with van der Waals surface area (Å²) in [7, 11) is -2.19. The van der Waals surface area contributed by atoms with Gasteiger partial charge in [0.25, 0.3) is 5.91 Å². The van der Waals surface area contributed by atoms with Crippen LogP contribution in [0, 0.1) is 5.92 Å². The Hall–Kier alpha value is -2.90. The van der Waals surface area contributed by atoms with Gasteiger partial charge in [0.15, 0.2) is 0 Å². The highest BCUT2D eigenvalue weighted by molar-refractivity contribution is 7.89. The van der Waals surface area contributed by atoms with Gasteiger partial charge in [-0.25, -0.2) is 8.42 Å². The molecule has 0 aromatic heterocycles. The minimum Gasteiger partial charge on any atom is -0.496 e. The number of benzene rings is 3. The molecular weight excluding hydrogens is 424 g/mol. The number of hydrogen-bond acceptors (Lipinski definition) is 4. The number of nitrogens with one attached hydrogen (secondary N) is 1. The van der Waals surface area contributed by atoms with Crippen molar-refractivity contribution in [1.29, 1.82) is 0 Å². The molecule has 0 saturated carbocycles. The molecule has 1 aliphatic rings. The van der Waals surface area contributed by atoms with Crippen LogP contribution >= 0.6 is 0 Å². The molecule has 6 nitrogen and oxygen atoms in total. The molecule has 7 heteroatoms. The van der Waals surface area contributed by atoms with Crippen molar-refractivity contribution in [3.8, 4) is 5.75 Å². The van der Waals surface area contributed by atoms with E-state index in [0.29, 0.717) is 31.3 Å². The Bertz CT molecular complexity index is 1230. The zero-order valence-electron chi connectivity index (χ0n) is 18.4. The maximum atomic E-state index is 13.1. The summed E-state index contributed by atoms with van der Waals surface area (Å²) < 4.78 is 33.1. The Morgan fingerprint density at radius 3 is 2.47 bits per heavy atom. The SMILES string of the molecule is COc1ccc(S(=O)(=O)N2CCC(C)CC2)cc1C(=O)NCc1ccc2ccccc2c1. The zero-order valence-corrected chi connectivity index (χ0v) is 19.2. The first-order valence-corrected chi connectivity index (χ1v) is 12.3. The summed E-state index contributed by atoms with van der Waals surface area (Å²) >= 11 is 0. The van der Waals surface area contributed by atoms with E-state index >= 15 is 0 Å². The summed E-state index contributed by atoms with van der Waals surface area (Å²) in [6, 6.07) is 18.5. The fraction of sp³-hybridized carbons (Fsp3) is 0.320. The summed E-state index contributed by atoms with van der Waals surface area (Å²) in [6.07, 6.45) is 1.68. The lowest BCUT2D eigenvalue weighted by Gasteiger charge is -2.29. The van der Waals surface area contributed by atoms with Crippen molar-refractivity contribution < 1.29 is 17.9 Å². The maximum absolute atomic E-state index is 13.1. The number of carbonyl (C=O) groups excluding carboxylic acids is 1. The van der Waals surface area contributed by atoms with Crippen LogP contribution in [0.2, 0.25) is 0 Å². The third-order valence-corrected chi connectivity index (χ3v) is 7.96. The van der Waals surface area contributed by atoms with Gasteiger partial charge in [0.05, 0.1) is 17.6 Å². The Morgan fingerprint density at radius 1 is 1.03 bits per heavy atom. The summed E-state index contributed by atoms with van der Waals surface area (Å²) in [6.45, 7) is 3.46. The molecule has 168 valence electrons. The minimum absolute atomic E-state index is 0.115. The predicted octanol–water partition coefficient (Wildman–Crippen LogP) is 4.20. The third-order valence-electron chi connectivity index (χ3n) is 6.06. The highest BCUT2D eigenvalue weighted by Gasteiger charge is 2.29. The number of amides is 1. The lowest BCUT2D eigenvalue weighted by atomic mass is 10.0. The molecular formula is C25H28N2O4S. The van der Waals surface area contributed by atoms with E-state index in [1.54, 1.807) is 6.07 Å². The molecule has 1 heterocycles. The second-order valence-electron chi connectivity index (χ2n) is 8.31. The number of nitrogens with zero attached hydrogens (tertiary/aromatic N) is 1. The summed E-state index contributed by atoms with van der Waals surface area (Å²) in [5.74, 6) is 0.486. The number of piperidine rings is 1. The Morgan fingerprint density at radius 2 is 1.75 bits per heavy atom. The van der Waals surface area contributed by atoms with Gasteiger partial charge in [-0.15, -0.1) is 0 Å². The Kier molecular flexibility index (Phi) is 6.48. The van der Waals surface area contributed by atoms with Crippen molar-refractivity contribution >= 4 is 26.7 Å². The van der Waals surface area contributed by atoms with Crippen molar-refractivity contribution in [2.24, 2.45) is 5.92 Å². The average Bonchev–Trinajstić information content (AvgIpc) is 2.82. The molecule has 0 unspecified atom stereocenters. The number of fused-ring (bicyclic) bond motifs is 1. The quantitative estimate of drug-likeness (QED) is 0.608. The Balaban J connectivity index is 1.54. The highest BCUT2D eigenvalue weighted by Crippen LogP contribution is 2.27. The molecule has 0 atom stereocenters. The molecule has 0 aliphatic carbocycles. The van der Waals surface area contributed by atoms with Crippen molar-refractivity contribution in [1.82, 2.24) is 9.62 Å². The minimum atomic E-state index is -3.66. The molecule has 0 radical (unpaired) electrons. The number of hydrogen-bond donors (Lipinski definition) is 1. The van der Waals surface area contributed by atoms with Crippen LogP contribution in [0.4, 0.5) is 0 Å². The number of rotatable bonds is 6. The topological polar surface area (TPSA) is 75.7 Å². The predicted molar refractivity (Wildman–Crippen MR) is 125 cm³/mol. The molecule has 0 bridgehead atoms. The number of carbonyl (C=O) groups is 1. The first kappa shape index (κ1) is 22.3. The molecule has 0 spiro atoms. The van der Waals surface area contributed by atoms with Crippen LogP contribution in [-0.4, -0.2) is 38.8 Å². The van der Waals surface area contributed by atoms with Crippen molar-refractivity contribution in [2.75, 3.05) is 20.2 Å². The molecule has 32 heavy (non-hydrogen) atoms. The summed E-state index contributed by atoms with van der Waals surface area (Å²) in [4.78, 5) is 13.1. The molecule has 1 fully saturated rings. The molecule has 1 saturated heterocycles. The van der Waals surface area contributed by atoms with Crippen LogP contribution in [0.3, 0.4) is 0 Å². The van der Waals surface area contributed by atoms with Crippen LogP contribution in [-0.2, 0) is 16.6 Å². The first-order chi connectivity index (χ1) is 15.4. The van der Waals surface area contributed by atoms with E-state index in [9.17, 15) is 13.2 Å². The van der Waals surface area contributed by atoms with E-state index in [0.717, 1.165) is 29.2 Å². The van der Waals surface area contributed by atoms with E-state index in [-0.39, 0.29) is 16.4 Å². The molecule has 3 aromatic carbocycles. The summed E-state index contributed by atoms with van der Waals surface area (Å²) in [5, 5.41) is 5.12. The van der Waals surface area contributed by atoms with Gasteiger partial charge >= 0.3 is 0 Å². The molecule has 1 aliphatic heterocycles. The lowest BCUT2D eigenvalue weighted by molar-refractivity contribution is 0.0947.